The predicted molar refractivity (Wildman–Crippen MR) is 59.1 cm³/mol. The SMILES string of the molecule is CC[C@@H](C)CNc1cccc(C)c1. The van der Waals surface area contributed by atoms with E-state index < -0.39 is 0 Å². The molecule has 0 amide bonds. The van der Waals surface area contributed by atoms with E-state index in [4.69, 9.17) is 0 Å². The quantitative estimate of drug-likeness (QED) is 0.742. The third-order valence-corrected chi connectivity index (χ3v) is 2.37. The summed E-state index contributed by atoms with van der Waals surface area (Å²) in [6.07, 6.45) is 1.23. The maximum atomic E-state index is 3.44. The van der Waals surface area contributed by atoms with Gasteiger partial charge in [-0.1, -0.05) is 32.4 Å². The van der Waals surface area contributed by atoms with E-state index >= 15 is 0 Å². The molecule has 0 bridgehead atoms. The van der Waals surface area contributed by atoms with Gasteiger partial charge in [-0.2, -0.15) is 0 Å². The molecule has 0 heterocycles. The van der Waals surface area contributed by atoms with E-state index in [1.54, 1.807) is 0 Å². The highest BCUT2D eigenvalue weighted by molar-refractivity contribution is 5.45. The molecule has 0 unspecified atom stereocenters. The zero-order valence-electron chi connectivity index (χ0n) is 8.80. The van der Waals surface area contributed by atoms with E-state index in [-0.39, 0.29) is 0 Å². The third-order valence-electron chi connectivity index (χ3n) is 2.37. The molecule has 0 fully saturated rings. The Kier molecular flexibility index (Phi) is 3.81. The molecule has 0 aliphatic carbocycles. The summed E-state index contributed by atoms with van der Waals surface area (Å²) in [6.45, 7) is 7.68. The van der Waals surface area contributed by atoms with Crippen LogP contribution in [0.5, 0.6) is 0 Å². The zero-order valence-corrected chi connectivity index (χ0v) is 8.80. The van der Waals surface area contributed by atoms with Gasteiger partial charge in [-0.25, -0.2) is 0 Å². The number of anilines is 1. The highest BCUT2D eigenvalue weighted by Crippen LogP contribution is 2.10. The fraction of sp³-hybridized carbons (Fsp3) is 0.500. The van der Waals surface area contributed by atoms with Crippen LogP contribution in [-0.2, 0) is 0 Å². The van der Waals surface area contributed by atoms with E-state index in [0.717, 1.165) is 12.5 Å². The Morgan fingerprint density at radius 1 is 1.38 bits per heavy atom. The average Bonchev–Trinajstić information content (AvgIpc) is 2.14. The van der Waals surface area contributed by atoms with E-state index in [1.165, 1.54) is 17.7 Å². The molecule has 1 aromatic carbocycles. The number of nitrogens with one attached hydrogen (secondary N) is 1. The molecule has 0 spiro atoms. The lowest BCUT2D eigenvalue weighted by molar-refractivity contribution is 0.593. The maximum Gasteiger partial charge on any atom is 0.0342 e. The first-order chi connectivity index (χ1) is 6.22. The molecular formula is C12H19N. The van der Waals surface area contributed by atoms with Crippen molar-refractivity contribution in [3.63, 3.8) is 0 Å². The van der Waals surface area contributed by atoms with Gasteiger partial charge < -0.3 is 5.32 Å². The van der Waals surface area contributed by atoms with Gasteiger partial charge in [0.25, 0.3) is 0 Å². The first-order valence-corrected chi connectivity index (χ1v) is 5.03. The number of benzene rings is 1. The van der Waals surface area contributed by atoms with Crippen LogP contribution in [0.3, 0.4) is 0 Å². The molecule has 0 aliphatic heterocycles. The minimum atomic E-state index is 0.750. The van der Waals surface area contributed by atoms with Crippen molar-refractivity contribution in [3.8, 4) is 0 Å². The Morgan fingerprint density at radius 3 is 2.77 bits per heavy atom. The van der Waals surface area contributed by atoms with Crippen molar-refractivity contribution in [1.82, 2.24) is 0 Å². The standard InChI is InChI=1S/C12H19N/c1-4-10(2)9-13-12-7-5-6-11(3)8-12/h5-8,10,13H,4,9H2,1-3H3/t10-/m1/s1. The van der Waals surface area contributed by atoms with E-state index in [1.807, 2.05) is 0 Å². The van der Waals surface area contributed by atoms with Crippen molar-refractivity contribution in [2.75, 3.05) is 11.9 Å². The highest BCUT2D eigenvalue weighted by Gasteiger charge is 1.97. The zero-order chi connectivity index (χ0) is 9.68. The minimum Gasteiger partial charge on any atom is -0.385 e. The highest BCUT2D eigenvalue weighted by atomic mass is 14.9. The number of hydrogen-bond acceptors (Lipinski definition) is 1. The second-order valence-corrected chi connectivity index (χ2v) is 3.76. The van der Waals surface area contributed by atoms with Crippen molar-refractivity contribution in [2.45, 2.75) is 27.2 Å². The molecule has 0 saturated heterocycles. The Bertz CT molecular complexity index is 255. The van der Waals surface area contributed by atoms with Gasteiger partial charge >= 0.3 is 0 Å². The monoisotopic (exact) mass is 177 g/mol. The smallest absolute Gasteiger partial charge is 0.0342 e. The summed E-state index contributed by atoms with van der Waals surface area (Å²) in [5, 5.41) is 3.44. The minimum absolute atomic E-state index is 0.750. The molecule has 1 atom stereocenters. The van der Waals surface area contributed by atoms with E-state index in [2.05, 4.69) is 50.4 Å². The molecule has 1 rings (SSSR count). The van der Waals surface area contributed by atoms with Crippen molar-refractivity contribution >= 4 is 5.69 Å². The first kappa shape index (κ1) is 10.1. The van der Waals surface area contributed by atoms with E-state index in [0.29, 0.717) is 0 Å². The molecule has 1 heteroatoms. The van der Waals surface area contributed by atoms with Crippen LogP contribution in [0.4, 0.5) is 5.69 Å². The van der Waals surface area contributed by atoms with Gasteiger partial charge in [-0.05, 0) is 30.5 Å². The molecule has 1 aromatic rings. The molecule has 72 valence electrons. The summed E-state index contributed by atoms with van der Waals surface area (Å²) in [5.41, 5.74) is 2.55. The van der Waals surface area contributed by atoms with Crippen LogP contribution in [-0.4, -0.2) is 6.54 Å². The second kappa shape index (κ2) is 4.90. The van der Waals surface area contributed by atoms with Gasteiger partial charge in [-0.3, -0.25) is 0 Å². The Hall–Kier alpha value is -0.980. The van der Waals surface area contributed by atoms with Crippen LogP contribution in [0.1, 0.15) is 25.8 Å². The molecule has 0 aromatic heterocycles. The summed E-state index contributed by atoms with van der Waals surface area (Å²) >= 11 is 0. The molecular weight excluding hydrogens is 158 g/mol. The van der Waals surface area contributed by atoms with Crippen LogP contribution in [0.25, 0.3) is 0 Å². The van der Waals surface area contributed by atoms with Gasteiger partial charge in [0.2, 0.25) is 0 Å². The van der Waals surface area contributed by atoms with Crippen molar-refractivity contribution in [2.24, 2.45) is 5.92 Å². The van der Waals surface area contributed by atoms with Crippen molar-refractivity contribution < 1.29 is 0 Å². The van der Waals surface area contributed by atoms with Crippen LogP contribution < -0.4 is 5.32 Å². The Labute approximate surface area is 81.2 Å². The first-order valence-electron chi connectivity index (χ1n) is 5.03. The van der Waals surface area contributed by atoms with Gasteiger partial charge in [0.15, 0.2) is 0 Å². The van der Waals surface area contributed by atoms with Gasteiger partial charge in [0, 0.05) is 12.2 Å². The number of hydrogen-bond donors (Lipinski definition) is 1. The van der Waals surface area contributed by atoms with Gasteiger partial charge in [0.05, 0.1) is 0 Å². The largest absolute Gasteiger partial charge is 0.385 e. The predicted octanol–water partition coefficient (Wildman–Crippen LogP) is 3.45. The third kappa shape index (κ3) is 3.49. The van der Waals surface area contributed by atoms with Crippen molar-refractivity contribution in [1.29, 1.82) is 0 Å². The topological polar surface area (TPSA) is 12.0 Å². The number of rotatable bonds is 4. The fourth-order valence-electron chi connectivity index (χ4n) is 1.19. The van der Waals surface area contributed by atoms with Crippen LogP contribution >= 0.6 is 0 Å². The van der Waals surface area contributed by atoms with Gasteiger partial charge in [-0.15, -0.1) is 0 Å². The van der Waals surface area contributed by atoms with Crippen LogP contribution in [0, 0.1) is 12.8 Å². The molecule has 1 nitrogen and oxygen atoms in total. The molecule has 1 N–H and O–H groups in total. The summed E-state index contributed by atoms with van der Waals surface area (Å²) in [4.78, 5) is 0. The normalized spacial score (nSPS) is 12.5. The summed E-state index contributed by atoms with van der Waals surface area (Å²) in [6, 6.07) is 8.51. The lowest BCUT2D eigenvalue weighted by Crippen LogP contribution is -2.10. The Morgan fingerprint density at radius 2 is 2.15 bits per heavy atom. The second-order valence-electron chi connectivity index (χ2n) is 3.76. The van der Waals surface area contributed by atoms with Gasteiger partial charge in [0.1, 0.15) is 0 Å². The van der Waals surface area contributed by atoms with E-state index in [9.17, 15) is 0 Å². The van der Waals surface area contributed by atoms with Crippen LogP contribution in [0.15, 0.2) is 24.3 Å². The fourth-order valence-corrected chi connectivity index (χ4v) is 1.19. The molecule has 0 aliphatic rings. The lowest BCUT2D eigenvalue weighted by Gasteiger charge is -2.11. The summed E-state index contributed by atoms with van der Waals surface area (Å²) in [7, 11) is 0. The molecule has 0 saturated carbocycles. The average molecular weight is 177 g/mol. The summed E-state index contributed by atoms with van der Waals surface area (Å²) < 4.78 is 0. The Balaban J connectivity index is 2.45. The maximum absolute atomic E-state index is 3.44. The lowest BCUT2D eigenvalue weighted by atomic mass is 10.1. The number of aryl methyl sites for hydroxylation is 1. The van der Waals surface area contributed by atoms with Crippen LogP contribution in [0.2, 0.25) is 0 Å². The molecule has 13 heavy (non-hydrogen) atoms. The molecule has 0 radical (unpaired) electrons. The van der Waals surface area contributed by atoms with Crippen molar-refractivity contribution in [3.05, 3.63) is 29.8 Å². The summed E-state index contributed by atoms with van der Waals surface area (Å²) in [5.74, 6) is 0.750.